The van der Waals surface area contributed by atoms with Gasteiger partial charge in [0.1, 0.15) is 5.75 Å². The maximum absolute atomic E-state index is 12.2. The molecule has 0 bridgehead atoms. The quantitative estimate of drug-likeness (QED) is 0.760. The monoisotopic (exact) mass is 248 g/mol. The summed E-state index contributed by atoms with van der Waals surface area (Å²) in [5, 5.41) is 9.75. The standard InChI is InChI=1S/C16H24O2/c1-11(2)6-5-7-13(4)16(18)14-10-12(3)8-9-15(14)17/h8-11,13,17H,5-7H2,1-4H3. The number of aromatic hydroxyl groups is 1. The van der Waals surface area contributed by atoms with Gasteiger partial charge in [0.05, 0.1) is 5.56 Å². The lowest BCUT2D eigenvalue weighted by atomic mass is 9.92. The molecule has 1 aromatic rings. The molecule has 0 aliphatic heterocycles. The number of hydrogen-bond acceptors (Lipinski definition) is 2. The van der Waals surface area contributed by atoms with Gasteiger partial charge in [0.25, 0.3) is 0 Å². The normalized spacial score (nSPS) is 12.7. The molecule has 0 aromatic heterocycles. The number of Topliss-reactive ketones (excluding diaryl/α,β-unsaturated/α-hetero) is 1. The average Bonchev–Trinajstić information content (AvgIpc) is 2.30. The molecule has 18 heavy (non-hydrogen) atoms. The SMILES string of the molecule is Cc1ccc(O)c(C(=O)C(C)CCCC(C)C)c1. The molecule has 2 nitrogen and oxygen atoms in total. The minimum atomic E-state index is -0.0172. The summed E-state index contributed by atoms with van der Waals surface area (Å²) in [5.41, 5.74) is 1.47. The Morgan fingerprint density at radius 3 is 2.50 bits per heavy atom. The number of hydrogen-bond donors (Lipinski definition) is 1. The largest absolute Gasteiger partial charge is 0.507 e. The van der Waals surface area contributed by atoms with Crippen LogP contribution in [0.4, 0.5) is 0 Å². The highest BCUT2D eigenvalue weighted by Gasteiger charge is 2.18. The fraction of sp³-hybridized carbons (Fsp3) is 0.562. The van der Waals surface area contributed by atoms with Crippen molar-refractivity contribution < 1.29 is 9.90 Å². The molecule has 1 rings (SSSR count). The number of carbonyl (C=O) groups is 1. The fourth-order valence-electron chi connectivity index (χ4n) is 2.08. The topological polar surface area (TPSA) is 37.3 Å². The highest BCUT2D eigenvalue weighted by molar-refractivity contribution is 6.00. The van der Waals surface area contributed by atoms with Gasteiger partial charge in [-0.25, -0.2) is 0 Å². The fourth-order valence-corrected chi connectivity index (χ4v) is 2.08. The van der Waals surface area contributed by atoms with Crippen LogP contribution in [0.5, 0.6) is 5.75 Å². The first-order valence-corrected chi connectivity index (χ1v) is 6.75. The Hall–Kier alpha value is -1.31. The summed E-state index contributed by atoms with van der Waals surface area (Å²) < 4.78 is 0. The van der Waals surface area contributed by atoms with Crippen LogP contribution in [0.25, 0.3) is 0 Å². The molecule has 1 atom stereocenters. The van der Waals surface area contributed by atoms with Crippen LogP contribution in [-0.4, -0.2) is 10.9 Å². The Morgan fingerprint density at radius 1 is 1.22 bits per heavy atom. The van der Waals surface area contributed by atoms with E-state index in [0.29, 0.717) is 11.5 Å². The number of phenols is 1. The van der Waals surface area contributed by atoms with Gasteiger partial charge in [-0.05, 0) is 31.4 Å². The number of rotatable bonds is 6. The van der Waals surface area contributed by atoms with Gasteiger partial charge in [-0.1, -0.05) is 45.2 Å². The van der Waals surface area contributed by atoms with Gasteiger partial charge in [-0.3, -0.25) is 4.79 Å². The van der Waals surface area contributed by atoms with Gasteiger partial charge in [0, 0.05) is 5.92 Å². The van der Waals surface area contributed by atoms with Crippen LogP contribution in [-0.2, 0) is 0 Å². The summed E-state index contributed by atoms with van der Waals surface area (Å²) in [6, 6.07) is 5.19. The van der Waals surface area contributed by atoms with E-state index in [2.05, 4.69) is 13.8 Å². The van der Waals surface area contributed by atoms with E-state index in [4.69, 9.17) is 0 Å². The summed E-state index contributed by atoms with van der Waals surface area (Å²) >= 11 is 0. The summed E-state index contributed by atoms with van der Waals surface area (Å²) in [6.07, 6.45) is 3.11. The molecular weight excluding hydrogens is 224 g/mol. The van der Waals surface area contributed by atoms with E-state index in [9.17, 15) is 9.90 Å². The van der Waals surface area contributed by atoms with Gasteiger partial charge in [0.15, 0.2) is 5.78 Å². The van der Waals surface area contributed by atoms with Crippen molar-refractivity contribution in [2.45, 2.75) is 47.0 Å². The first-order chi connectivity index (χ1) is 8.41. The average molecular weight is 248 g/mol. The minimum absolute atomic E-state index is 0.0172. The molecule has 0 saturated carbocycles. The molecule has 0 aliphatic carbocycles. The van der Waals surface area contributed by atoms with Crippen LogP contribution in [0.15, 0.2) is 18.2 Å². The van der Waals surface area contributed by atoms with Gasteiger partial charge in [0.2, 0.25) is 0 Å². The Morgan fingerprint density at radius 2 is 1.89 bits per heavy atom. The van der Waals surface area contributed by atoms with Gasteiger partial charge in [-0.2, -0.15) is 0 Å². The van der Waals surface area contributed by atoms with Crippen molar-refractivity contribution in [3.8, 4) is 5.75 Å². The van der Waals surface area contributed by atoms with Crippen molar-refractivity contribution in [2.75, 3.05) is 0 Å². The zero-order chi connectivity index (χ0) is 13.7. The van der Waals surface area contributed by atoms with Crippen molar-refractivity contribution in [3.63, 3.8) is 0 Å². The Bertz CT molecular complexity index is 408. The van der Waals surface area contributed by atoms with Crippen molar-refractivity contribution in [2.24, 2.45) is 11.8 Å². The summed E-state index contributed by atoms with van der Waals surface area (Å²) in [7, 11) is 0. The van der Waals surface area contributed by atoms with E-state index in [1.54, 1.807) is 12.1 Å². The van der Waals surface area contributed by atoms with Gasteiger partial charge in [-0.15, -0.1) is 0 Å². The second-order valence-electron chi connectivity index (χ2n) is 5.61. The number of aryl methyl sites for hydroxylation is 1. The number of ketones is 1. The molecule has 0 radical (unpaired) electrons. The van der Waals surface area contributed by atoms with Crippen LogP contribution in [0.3, 0.4) is 0 Å². The molecular formula is C16H24O2. The van der Waals surface area contributed by atoms with E-state index in [1.807, 2.05) is 19.9 Å². The van der Waals surface area contributed by atoms with Crippen LogP contribution >= 0.6 is 0 Å². The van der Waals surface area contributed by atoms with E-state index in [-0.39, 0.29) is 17.5 Å². The third kappa shape index (κ3) is 4.17. The molecule has 1 N–H and O–H groups in total. The molecule has 1 unspecified atom stereocenters. The third-order valence-electron chi connectivity index (χ3n) is 3.28. The number of benzene rings is 1. The number of phenolic OH excluding ortho intramolecular Hbond substituents is 1. The van der Waals surface area contributed by atoms with E-state index in [1.165, 1.54) is 0 Å². The molecule has 0 spiro atoms. The highest BCUT2D eigenvalue weighted by atomic mass is 16.3. The number of carbonyl (C=O) groups excluding carboxylic acids is 1. The Kier molecular flexibility index (Phi) is 5.39. The molecule has 0 aliphatic rings. The molecule has 0 saturated heterocycles. The minimum Gasteiger partial charge on any atom is -0.507 e. The lowest BCUT2D eigenvalue weighted by Gasteiger charge is -2.13. The maximum atomic E-state index is 12.2. The van der Waals surface area contributed by atoms with Crippen molar-refractivity contribution in [3.05, 3.63) is 29.3 Å². The predicted octanol–water partition coefficient (Wildman–Crippen LogP) is 4.35. The Balaban J connectivity index is 2.65. The summed E-state index contributed by atoms with van der Waals surface area (Å²) in [6.45, 7) is 8.27. The van der Waals surface area contributed by atoms with Crippen molar-refractivity contribution in [1.82, 2.24) is 0 Å². The first-order valence-electron chi connectivity index (χ1n) is 6.75. The zero-order valence-corrected chi connectivity index (χ0v) is 11.9. The molecule has 1 aromatic carbocycles. The third-order valence-corrected chi connectivity index (χ3v) is 3.28. The van der Waals surface area contributed by atoms with E-state index in [0.717, 1.165) is 24.8 Å². The second-order valence-corrected chi connectivity index (χ2v) is 5.61. The Labute approximate surface area is 110 Å². The first kappa shape index (κ1) is 14.7. The zero-order valence-electron chi connectivity index (χ0n) is 11.9. The highest BCUT2D eigenvalue weighted by Crippen LogP contribution is 2.24. The molecule has 100 valence electrons. The molecule has 2 heteroatoms. The van der Waals surface area contributed by atoms with Crippen LogP contribution in [0.2, 0.25) is 0 Å². The van der Waals surface area contributed by atoms with Gasteiger partial charge >= 0.3 is 0 Å². The molecule has 0 fully saturated rings. The van der Waals surface area contributed by atoms with Crippen LogP contribution in [0, 0.1) is 18.8 Å². The van der Waals surface area contributed by atoms with Crippen molar-refractivity contribution >= 4 is 5.78 Å². The van der Waals surface area contributed by atoms with Crippen LogP contribution in [0.1, 0.15) is 56.0 Å². The lowest BCUT2D eigenvalue weighted by molar-refractivity contribution is 0.0919. The maximum Gasteiger partial charge on any atom is 0.169 e. The van der Waals surface area contributed by atoms with Crippen molar-refractivity contribution in [1.29, 1.82) is 0 Å². The summed E-state index contributed by atoms with van der Waals surface area (Å²) in [5.74, 6) is 0.817. The van der Waals surface area contributed by atoms with Crippen LogP contribution < -0.4 is 0 Å². The van der Waals surface area contributed by atoms with Gasteiger partial charge < -0.3 is 5.11 Å². The molecule has 0 heterocycles. The summed E-state index contributed by atoms with van der Waals surface area (Å²) in [4.78, 5) is 12.2. The van der Waals surface area contributed by atoms with E-state index >= 15 is 0 Å². The second kappa shape index (κ2) is 6.58. The lowest BCUT2D eigenvalue weighted by Crippen LogP contribution is -2.12. The van der Waals surface area contributed by atoms with E-state index < -0.39 is 0 Å². The molecule has 0 amide bonds. The smallest absolute Gasteiger partial charge is 0.169 e. The predicted molar refractivity (Wildman–Crippen MR) is 75.0 cm³/mol.